The molecule has 0 radical (unpaired) electrons. The molecular weight excluding hydrogens is 208 g/mol. The predicted octanol–water partition coefficient (Wildman–Crippen LogP) is 3.06. The lowest BCUT2D eigenvalue weighted by molar-refractivity contribution is -0.141. The number of thiophene rings is 1. The number of hydrogen-bond donors (Lipinski definition) is 0. The summed E-state index contributed by atoms with van der Waals surface area (Å²) in [5.41, 5.74) is 0.473. The topological polar surface area (TPSA) is 26.3 Å². The Hall–Kier alpha value is -0.670. The third-order valence-electron chi connectivity index (χ3n) is 2.67. The lowest BCUT2D eigenvalue weighted by Crippen LogP contribution is -2.38. The summed E-state index contributed by atoms with van der Waals surface area (Å²) in [4.78, 5) is 12.0. The zero-order valence-corrected chi connectivity index (χ0v) is 10.4. The second kappa shape index (κ2) is 5.42. The van der Waals surface area contributed by atoms with Crippen molar-refractivity contribution in [3.05, 3.63) is 22.4 Å². The summed E-state index contributed by atoms with van der Waals surface area (Å²) in [6, 6.07) is 1.99. The van der Waals surface area contributed by atoms with Gasteiger partial charge in [0.15, 0.2) is 5.78 Å². The van der Waals surface area contributed by atoms with Crippen LogP contribution >= 0.6 is 11.3 Å². The lowest BCUT2D eigenvalue weighted by Gasteiger charge is -2.26. The van der Waals surface area contributed by atoms with Crippen LogP contribution in [0.15, 0.2) is 16.8 Å². The molecule has 0 amide bonds. The van der Waals surface area contributed by atoms with Gasteiger partial charge in [-0.15, -0.1) is 0 Å². The van der Waals surface area contributed by atoms with Crippen molar-refractivity contribution in [1.82, 2.24) is 0 Å². The highest BCUT2D eigenvalue weighted by Crippen LogP contribution is 2.20. The molecule has 84 valence electrons. The van der Waals surface area contributed by atoms with Crippen molar-refractivity contribution >= 4 is 17.1 Å². The van der Waals surface area contributed by atoms with Gasteiger partial charge in [0.25, 0.3) is 0 Å². The number of rotatable bonds is 6. The highest BCUT2D eigenvalue weighted by Gasteiger charge is 2.31. The number of carbonyl (C=O) groups is 1. The van der Waals surface area contributed by atoms with Crippen LogP contribution in [0.25, 0.3) is 0 Å². The fourth-order valence-electron chi connectivity index (χ4n) is 1.46. The second-order valence-electron chi connectivity index (χ2n) is 3.75. The SMILES string of the molecule is CCOC(C)(CC)C(=O)Cc1ccsc1. The number of ether oxygens (including phenoxy) is 1. The Morgan fingerprint density at radius 2 is 2.27 bits per heavy atom. The first kappa shape index (κ1) is 12.4. The maximum atomic E-state index is 12.0. The Morgan fingerprint density at radius 3 is 2.73 bits per heavy atom. The molecule has 0 spiro atoms. The molecular formula is C12H18O2S. The number of hydrogen-bond acceptors (Lipinski definition) is 3. The third-order valence-corrected chi connectivity index (χ3v) is 3.40. The predicted molar refractivity (Wildman–Crippen MR) is 63.4 cm³/mol. The molecule has 1 aromatic heterocycles. The first-order valence-corrected chi connectivity index (χ1v) is 6.25. The van der Waals surface area contributed by atoms with E-state index in [1.54, 1.807) is 11.3 Å². The normalized spacial score (nSPS) is 14.9. The molecule has 0 saturated heterocycles. The van der Waals surface area contributed by atoms with Crippen LogP contribution < -0.4 is 0 Å². The average molecular weight is 226 g/mol. The molecule has 2 nitrogen and oxygen atoms in total. The second-order valence-corrected chi connectivity index (χ2v) is 4.53. The number of carbonyl (C=O) groups excluding carboxylic acids is 1. The minimum atomic E-state index is -0.614. The van der Waals surface area contributed by atoms with Crippen LogP contribution in [0.1, 0.15) is 32.8 Å². The molecule has 1 atom stereocenters. The molecule has 0 bridgehead atoms. The Kier molecular flexibility index (Phi) is 4.48. The summed E-state index contributed by atoms with van der Waals surface area (Å²) in [7, 11) is 0. The minimum Gasteiger partial charge on any atom is -0.368 e. The van der Waals surface area contributed by atoms with E-state index in [9.17, 15) is 4.79 Å². The molecule has 0 aliphatic rings. The van der Waals surface area contributed by atoms with E-state index in [1.165, 1.54) is 0 Å². The maximum absolute atomic E-state index is 12.0. The van der Waals surface area contributed by atoms with Crippen LogP contribution in [0.5, 0.6) is 0 Å². The van der Waals surface area contributed by atoms with Crippen molar-refractivity contribution in [3.8, 4) is 0 Å². The average Bonchev–Trinajstić information content (AvgIpc) is 2.70. The summed E-state index contributed by atoms with van der Waals surface area (Å²) < 4.78 is 5.54. The molecule has 0 saturated carbocycles. The summed E-state index contributed by atoms with van der Waals surface area (Å²) in [5.74, 6) is 0.172. The minimum absolute atomic E-state index is 0.172. The first-order chi connectivity index (χ1) is 7.12. The molecule has 0 aliphatic heterocycles. The highest BCUT2D eigenvalue weighted by atomic mass is 32.1. The van der Waals surface area contributed by atoms with Gasteiger partial charge < -0.3 is 4.74 Å². The Morgan fingerprint density at radius 1 is 1.53 bits per heavy atom. The Bertz CT molecular complexity index is 305. The van der Waals surface area contributed by atoms with E-state index in [-0.39, 0.29) is 5.78 Å². The van der Waals surface area contributed by atoms with Crippen LogP contribution in [0, 0.1) is 0 Å². The van der Waals surface area contributed by atoms with Gasteiger partial charge in [-0.1, -0.05) is 6.92 Å². The fraction of sp³-hybridized carbons (Fsp3) is 0.583. The van der Waals surface area contributed by atoms with E-state index in [0.29, 0.717) is 13.0 Å². The van der Waals surface area contributed by atoms with E-state index < -0.39 is 5.60 Å². The zero-order valence-electron chi connectivity index (χ0n) is 9.58. The van der Waals surface area contributed by atoms with Gasteiger partial charge in [0.1, 0.15) is 5.60 Å². The highest BCUT2D eigenvalue weighted by molar-refractivity contribution is 7.07. The van der Waals surface area contributed by atoms with Gasteiger partial charge in [0.2, 0.25) is 0 Å². The van der Waals surface area contributed by atoms with Gasteiger partial charge in [0.05, 0.1) is 0 Å². The van der Waals surface area contributed by atoms with E-state index in [1.807, 2.05) is 37.6 Å². The van der Waals surface area contributed by atoms with Crippen molar-refractivity contribution in [2.45, 2.75) is 39.2 Å². The summed E-state index contributed by atoms with van der Waals surface area (Å²) in [6.45, 7) is 6.37. The zero-order chi connectivity index (χ0) is 11.3. The number of ketones is 1. The summed E-state index contributed by atoms with van der Waals surface area (Å²) in [6.07, 6.45) is 1.21. The molecule has 1 rings (SSSR count). The standard InChI is InChI=1S/C12H18O2S/c1-4-12(3,14-5-2)11(13)8-10-6-7-15-9-10/h6-7,9H,4-5,8H2,1-3H3. The monoisotopic (exact) mass is 226 g/mol. The Balaban J connectivity index is 2.65. The summed E-state index contributed by atoms with van der Waals surface area (Å²) >= 11 is 1.62. The van der Waals surface area contributed by atoms with Crippen molar-refractivity contribution in [1.29, 1.82) is 0 Å². The van der Waals surface area contributed by atoms with E-state index >= 15 is 0 Å². The molecule has 0 N–H and O–H groups in total. The van der Waals surface area contributed by atoms with Gasteiger partial charge in [0, 0.05) is 13.0 Å². The van der Waals surface area contributed by atoms with Gasteiger partial charge in [-0.25, -0.2) is 0 Å². The maximum Gasteiger partial charge on any atom is 0.168 e. The van der Waals surface area contributed by atoms with Crippen molar-refractivity contribution in [2.24, 2.45) is 0 Å². The smallest absolute Gasteiger partial charge is 0.168 e. The lowest BCUT2D eigenvalue weighted by atomic mass is 9.93. The van der Waals surface area contributed by atoms with Gasteiger partial charge >= 0.3 is 0 Å². The largest absolute Gasteiger partial charge is 0.368 e. The number of Topliss-reactive ketones (excluding diaryl/α,β-unsaturated/α-hetero) is 1. The Labute approximate surface area is 95.3 Å². The van der Waals surface area contributed by atoms with Crippen LogP contribution in [-0.4, -0.2) is 18.0 Å². The molecule has 0 fully saturated rings. The molecule has 0 aliphatic carbocycles. The van der Waals surface area contributed by atoms with Crippen LogP contribution in [0.4, 0.5) is 0 Å². The van der Waals surface area contributed by atoms with Crippen molar-refractivity contribution < 1.29 is 9.53 Å². The molecule has 1 heterocycles. The van der Waals surface area contributed by atoms with Gasteiger partial charge in [-0.2, -0.15) is 11.3 Å². The quantitative estimate of drug-likeness (QED) is 0.745. The van der Waals surface area contributed by atoms with E-state index in [0.717, 1.165) is 12.0 Å². The van der Waals surface area contributed by atoms with Crippen molar-refractivity contribution in [2.75, 3.05) is 6.61 Å². The van der Waals surface area contributed by atoms with Crippen LogP contribution in [0.3, 0.4) is 0 Å². The molecule has 15 heavy (non-hydrogen) atoms. The van der Waals surface area contributed by atoms with Gasteiger partial charge in [-0.3, -0.25) is 4.79 Å². The van der Waals surface area contributed by atoms with Crippen LogP contribution in [-0.2, 0) is 16.0 Å². The van der Waals surface area contributed by atoms with E-state index in [4.69, 9.17) is 4.74 Å². The van der Waals surface area contributed by atoms with Gasteiger partial charge in [-0.05, 0) is 42.7 Å². The van der Waals surface area contributed by atoms with Crippen molar-refractivity contribution in [3.63, 3.8) is 0 Å². The van der Waals surface area contributed by atoms with E-state index in [2.05, 4.69) is 0 Å². The summed E-state index contributed by atoms with van der Waals surface area (Å²) in [5, 5.41) is 4.01. The third kappa shape index (κ3) is 3.14. The van der Waals surface area contributed by atoms with Crippen LogP contribution in [0.2, 0.25) is 0 Å². The molecule has 1 aromatic rings. The molecule has 0 aromatic carbocycles. The molecule has 1 unspecified atom stereocenters. The molecule has 3 heteroatoms. The first-order valence-electron chi connectivity index (χ1n) is 5.30. The fourth-order valence-corrected chi connectivity index (χ4v) is 2.13.